The number of benzene rings is 1. The molecule has 0 spiro atoms. The van der Waals surface area contributed by atoms with Crippen molar-refractivity contribution in [3.05, 3.63) is 41.8 Å². The molecule has 5 heteroatoms. The van der Waals surface area contributed by atoms with Gasteiger partial charge in [0.05, 0.1) is 14.2 Å². The van der Waals surface area contributed by atoms with Crippen LogP contribution in [0.5, 0.6) is 0 Å². The number of ether oxygens (including phenoxy) is 2. The van der Waals surface area contributed by atoms with E-state index in [0.29, 0.717) is 24.1 Å². The Bertz CT molecular complexity index is 596. The van der Waals surface area contributed by atoms with Gasteiger partial charge in [0.25, 0.3) is 0 Å². The minimum Gasteiger partial charge on any atom is -0.483 e. The fourth-order valence-electron chi connectivity index (χ4n) is 2.41. The van der Waals surface area contributed by atoms with E-state index in [1.165, 1.54) is 4.90 Å². The van der Waals surface area contributed by atoms with E-state index in [2.05, 4.69) is 37.6 Å². The van der Waals surface area contributed by atoms with Crippen LogP contribution in [0.2, 0.25) is 0 Å². The molecule has 1 aromatic carbocycles. The Morgan fingerprint density at radius 1 is 1.13 bits per heavy atom. The van der Waals surface area contributed by atoms with Crippen LogP contribution < -0.4 is 0 Å². The molecule has 0 N–H and O–H groups in total. The fourth-order valence-corrected chi connectivity index (χ4v) is 3.27. The van der Waals surface area contributed by atoms with E-state index < -0.39 is 0 Å². The quantitative estimate of drug-likeness (QED) is 0.760. The molecule has 1 aromatic rings. The molecule has 0 fully saturated rings. The van der Waals surface area contributed by atoms with Gasteiger partial charge in [-0.2, -0.15) is 0 Å². The van der Waals surface area contributed by atoms with E-state index in [4.69, 9.17) is 14.5 Å². The van der Waals surface area contributed by atoms with Crippen molar-refractivity contribution in [1.82, 2.24) is 0 Å². The van der Waals surface area contributed by atoms with Crippen molar-refractivity contribution in [2.24, 2.45) is 15.9 Å². The molecule has 0 saturated carbocycles. The highest BCUT2D eigenvalue weighted by Gasteiger charge is 2.31. The standard InChI is InChI=1S/C18H24N2O2S/c1-12(2)16-18(22-5)19-15(17(20-16)21-4)11-13(3)23-14-9-7-6-8-10-14/h6-10,12,15-16H,3,11H2,1-2,4-5H3/t15-,16+/m0/s1. The fraction of sp³-hybridized carbons (Fsp3) is 0.444. The van der Waals surface area contributed by atoms with Crippen LogP contribution in [0.1, 0.15) is 20.3 Å². The van der Waals surface area contributed by atoms with Crippen LogP contribution in [-0.2, 0) is 9.47 Å². The Balaban J connectivity index is 2.10. The van der Waals surface area contributed by atoms with Crippen molar-refractivity contribution in [2.45, 2.75) is 37.2 Å². The first-order valence-corrected chi connectivity index (χ1v) is 8.50. The summed E-state index contributed by atoms with van der Waals surface area (Å²) in [5.41, 5.74) is 0. The first-order chi connectivity index (χ1) is 11.0. The van der Waals surface area contributed by atoms with Gasteiger partial charge in [-0.25, -0.2) is 9.98 Å². The molecule has 0 saturated heterocycles. The number of thioether (sulfide) groups is 1. The largest absolute Gasteiger partial charge is 0.483 e. The molecule has 0 radical (unpaired) electrons. The monoisotopic (exact) mass is 332 g/mol. The maximum atomic E-state index is 5.47. The van der Waals surface area contributed by atoms with E-state index in [1.807, 2.05) is 18.2 Å². The average molecular weight is 332 g/mol. The van der Waals surface area contributed by atoms with Gasteiger partial charge in [0, 0.05) is 11.3 Å². The molecule has 1 aliphatic rings. The van der Waals surface area contributed by atoms with Crippen LogP contribution in [0.4, 0.5) is 0 Å². The highest BCUT2D eigenvalue weighted by Crippen LogP contribution is 2.30. The van der Waals surface area contributed by atoms with Gasteiger partial charge in [0.1, 0.15) is 12.1 Å². The number of aliphatic imine (C=N–C) groups is 2. The summed E-state index contributed by atoms with van der Waals surface area (Å²) >= 11 is 1.65. The van der Waals surface area contributed by atoms with Crippen LogP contribution in [0, 0.1) is 5.92 Å². The molecule has 0 aromatic heterocycles. The molecule has 1 heterocycles. The zero-order chi connectivity index (χ0) is 16.8. The number of methoxy groups -OCH3 is 2. The third kappa shape index (κ3) is 4.61. The molecule has 2 rings (SSSR count). The molecular formula is C18H24N2O2S. The van der Waals surface area contributed by atoms with Gasteiger partial charge in [0.15, 0.2) is 0 Å². The molecule has 23 heavy (non-hydrogen) atoms. The van der Waals surface area contributed by atoms with E-state index in [9.17, 15) is 0 Å². The van der Waals surface area contributed by atoms with Gasteiger partial charge in [0.2, 0.25) is 11.8 Å². The lowest BCUT2D eigenvalue weighted by atomic mass is 10.0. The van der Waals surface area contributed by atoms with Crippen LogP contribution >= 0.6 is 11.8 Å². The van der Waals surface area contributed by atoms with Gasteiger partial charge in [-0.15, -0.1) is 0 Å². The molecule has 0 bridgehead atoms. The Morgan fingerprint density at radius 2 is 1.78 bits per heavy atom. The molecule has 0 amide bonds. The van der Waals surface area contributed by atoms with Crippen LogP contribution in [0.3, 0.4) is 0 Å². The molecule has 4 nitrogen and oxygen atoms in total. The summed E-state index contributed by atoms with van der Waals surface area (Å²) in [4.78, 5) is 11.6. The molecule has 2 atom stereocenters. The van der Waals surface area contributed by atoms with Crippen molar-refractivity contribution >= 4 is 23.6 Å². The minimum atomic E-state index is -0.173. The Kier molecular flexibility index (Phi) is 6.28. The second-order valence-electron chi connectivity index (χ2n) is 5.71. The van der Waals surface area contributed by atoms with Crippen LogP contribution in [-0.4, -0.2) is 38.1 Å². The molecule has 0 unspecified atom stereocenters. The summed E-state index contributed by atoms with van der Waals surface area (Å²) in [5.74, 6) is 1.63. The highest BCUT2D eigenvalue weighted by atomic mass is 32.2. The maximum Gasteiger partial charge on any atom is 0.209 e. The summed E-state index contributed by atoms with van der Waals surface area (Å²) in [6, 6.07) is 9.93. The van der Waals surface area contributed by atoms with Gasteiger partial charge in [-0.1, -0.05) is 50.4 Å². The molecule has 124 valence electrons. The van der Waals surface area contributed by atoms with Crippen molar-refractivity contribution in [2.75, 3.05) is 14.2 Å². The van der Waals surface area contributed by atoms with E-state index >= 15 is 0 Å². The highest BCUT2D eigenvalue weighted by molar-refractivity contribution is 8.03. The van der Waals surface area contributed by atoms with Crippen LogP contribution in [0.25, 0.3) is 0 Å². The maximum absolute atomic E-state index is 5.47. The third-order valence-corrected chi connectivity index (χ3v) is 4.53. The topological polar surface area (TPSA) is 43.2 Å². The van der Waals surface area contributed by atoms with Crippen molar-refractivity contribution in [3.63, 3.8) is 0 Å². The molecule has 1 aliphatic heterocycles. The molecule has 0 aliphatic carbocycles. The molecular weight excluding hydrogens is 308 g/mol. The summed E-state index contributed by atoms with van der Waals surface area (Å²) in [6.45, 7) is 8.36. The number of rotatable bonds is 5. The zero-order valence-electron chi connectivity index (χ0n) is 14.2. The lowest BCUT2D eigenvalue weighted by Gasteiger charge is -2.27. The van der Waals surface area contributed by atoms with E-state index in [1.54, 1.807) is 26.0 Å². The second kappa shape index (κ2) is 8.20. The number of nitrogens with zero attached hydrogens (tertiary/aromatic N) is 2. The summed E-state index contributed by atoms with van der Waals surface area (Å²) in [6.07, 6.45) is 0.671. The summed E-state index contributed by atoms with van der Waals surface area (Å²) < 4.78 is 10.9. The average Bonchev–Trinajstić information content (AvgIpc) is 2.55. The third-order valence-electron chi connectivity index (χ3n) is 3.56. The van der Waals surface area contributed by atoms with E-state index in [0.717, 1.165) is 4.91 Å². The van der Waals surface area contributed by atoms with Gasteiger partial charge in [-0.3, -0.25) is 0 Å². The number of hydrogen-bond donors (Lipinski definition) is 0. The lowest BCUT2D eigenvalue weighted by Crippen LogP contribution is -2.37. The summed E-state index contributed by atoms with van der Waals surface area (Å²) in [7, 11) is 3.29. The van der Waals surface area contributed by atoms with E-state index in [-0.39, 0.29) is 12.1 Å². The van der Waals surface area contributed by atoms with Gasteiger partial charge in [-0.05, 0) is 23.0 Å². The van der Waals surface area contributed by atoms with Gasteiger partial charge >= 0.3 is 0 Å². The SMILES string of the molecule is C=C(C[C@@H]1N=C(OC)[C@@H](C(C)C)N=C1OC)Sc1ccccc1. The summed E-state index contributed by atoms with van der Waals surface area (Å²) in [5, 5.41) is 0. The van der Waals surface area contributed by atoms with Crippen LogP contribution in [0.15, 0.2) is 56.7 Å². The lowest BCUT2D eigenvalue weighted by molar-refractivity contribution is 0.333. The predicted octanol–water partition coefficient (Wildman–Crippen LogP) is 4.18. The smallest absolute Gasteiger partial charge is 0.209 e. The normalized spacial score (nSPS) is 20.7. The Hall–Kier alpha value is -1.75. The number of hydrogen-bond acceptors (Lipinski definition) is 5. The first kappa shape index (κ1) is 17.6. The Morgan fingerprint density at radius 3 is 2.35 bits per heavy atom. The second-order valence-corrected chi connectivity index (χ2v) is 6.96. The first-order valence-electron chi connectivity index (χ1n) is 7.69. The van der Waals surface area contributed by atoms with Crippen molar-refractivity contribution < 1.29 is 9.47 Å². The van der Waals surface area contributed by atoms with Crippen molar-refractivity contribution in [3.8, 4) is 0 Å². The van der Waals surface area contributed by atoms with Crippen molar-refractivity contribution in [1.29, 1.82) is 0 Å². The minimum absolute atomic E-state index is 0.0822. The Labute approximate surface area is 142 Å². The predicted molar refractivity (Wildman–Crippen MR) is 97.4 cm³/mol. The van der Waals surface area contributed by atoms with Gasteiger partial charge < -0.3 is 9.47 Å². The zero-order valence-corrected chi connectivity index (χ0v) is 15.0.